The summed E-state index contributed by atoms with van der Waals surface area (Å²) in [7, 11) is -1.49. The van der Waals surface area contributed by atoms with Crippen LogP contribution in [0.4, 0.5) is 5.69 Å². The normalized spacial score (nSPS) is 31.3. The van der Waals surface area contributed by atoms with Crippen molar-refractivity contribution in [1.29, 1.82) is 0 Å². The molecule has 0 N–H and O–H groups in total. The molecule has 4 rings (SSSR count). The van der Waals surface area contributed by atoms with Crippen molar-refractivity contribution < 1.29 is 22.7 Å². The van der Waals surface area contributed by atoms with Crippen LogP contribution in [0.3, 0.4) is 0 Å². The summed E-state index contributed by atoms with van der Waals surface area (Å²) in [6.45, 7) is 0.583. The molecular formula is C17H20N2O5S2. The van der Waals surface area contributed by atoms with Crippen LogP contribution in [0.2, 0.25) is 0 Å². The molecule has 0 unspecified atom stereocenters. The summed E-state index contributed by atoms with van der Waals surface area (Å²) >= 11 is 1.37. The molecular weight excluding hydrogens is 376 g/mol. The molecule has 140 valence electrons. The third kappa shape index (κ3) is 3.35. The van der Waals surface area contributed by atoms with Crippen LogP contribution in [0.5, 0.6) is 5.75 Å². The van der Waals surface area contributed by atoms with Crippen molar-refractivity contribution in [3.63, 3.8) is 0 Å². The minimum Gasteiger partial charge on any atom is -0.497 e. The van der Waals surface area contributed by atoms with E-state index in [2.05, 4.69) is 4.99 Å². The molecule has 9 heteroatoms. The third-order valence-electron chi connectivity index (χ3n) is 4.83. The van der Waals surface area contributed by atoms with Crippen LogP contribution >= 0.6 is 11.8 Å². The second-order valence-electron chi connectivity index (χ2n) is 6.60. The zero-order valence-corrected chi connectivity index (χ0v) is 16.0. The van der Waals surface area contributed by atoms with Gasteiger partial charge < -0.3 is 14.4 Å². The smallest absolute Gasteiger partial charge is 0.277 e. The van der Waals surface area contributed by atoms with Gasteiger partial charge in [-0.05, 0) is 37.1 Å². The fraction of sp³-hybridized carbons (Fsp3) is 0.529. The number of anilines is 1. The number of fused-ring (bicyclic) bond motifs is 1. The Balaban J connectivity index is 1.67. The first kappa shape index (κ1) is 17.8. The molecule has 1 aromatic carbocycles. The van der Waals surface area contributed by atoms with Gasteiger partial charge in [-0.25, -0.2) is 8.42 Å². The van der Waals surface area contributed by atoms with Gasteiger partial charge in [0.15, 0.2) is 15.0 Å². The van der Waals surface area contributed by atoms with Crippen LogP contribution in [0.25, 0.3) is 0 Å². The van der Waals surface area contributed by atoms with Crippen molar-refractivity contribution in [1.82, 2.24) is 0 Å². The van der Waals surface area contributed by atoms with Gasteiger partial charge in [0.05, 0.1) is 24.7 Å². The molecule has 26 heavy (non-hydrogen) atoms. The van der Waals surface area contributed by atoms with E-state index in [-0.39, 0.29) is 28.7 Å². The number of benzene rings is 1. The Hall–Kier alpha value is -1.58. The Morgan fingerprint density at radius 2 is 2.08 bits per heavy atom. The van der Waals surface area contributed by atoms with E-state index in [4.69, 9.17) is 9.47 Å². The Kier molecular flexibility index (Phi) is 4.70. The number of nitrogens with zero attached hydrogens (tertiary/aromatic N) is 2. The molecule has 1 amide bonds. The predicted octanol–water partition coefficient (Wildman–Crippen LogP) is 1.48. The fourth-order valence-corrected chi connectivity index (χ4v) is 7.47. The van der Waals surface area contributed by atoms with Crippen LogP contribution in [-0.2, 0) is 19.4 Å². The number of amidine groups is 1. The van der Waals surface area contributed by atoms with Gasteiger partial charge in [0.25, 0.3) is 5.91 Å². The summed E-state index contributed by atoms with van der Waals surface area (Å²) in [6, 6.07) is 7.14. The lowest BCUT2D eigenvalue weighted by atomic mass is 10.2. The molecule has 3 saturated heterocycles. The quantitative estimate of drug-likeness (QED) is 0.765. The largest absolute Gasteiger partial charge is 0.497 e. The lowest BCUT2D eigenvalue weighted by Crippen LogP contribution is -2.38. The number of thioether (sulfide) groups is 1. The summed E-state index contributed by atoms with van der Waals surface area (Å²) < 4.78 is 34.8. The van der Waals surface area contributed by atoms with Crippen molar-refractivity contribution in [2.75, 3.05) is 30.1 Å². The Morgan fingerprint density at radius 3 is 2.73 bits per heavy atom. The highest BCUT2D eigenvalue weighted by Crippen LogP contribution is 2.41. The molecule has 0 radical (unpaired) electrons. The minimum absolute atomic E-state index is 0.0732. The topological polar surface area (TPSA) is 85.3 Å². The molecule has 3 heterocycles. The number of hydrogen-bond acceptors (Lipinski definition) is 6. The number of sulfone groups is 1. The molecule has 3 aliphatic rings. The van der Waals surface area contributed by atoms with E-state index in [1.807, 2.05) is 29.2 Å². The van der Waals surface area contributed by atoms with Crippen molar-refractivity contribution in [2.24, 2.45) is 4.99 Å². The number of amides is 1. The van der Waals surface area contributed by atoms with E-state index >= 15 is 0 Å². The number of ether oxygens (including phenoxy) is 2. The number of carbonyl (C=O) groups is 1. The molecule has 0 aromatic heterocycles. The van der Waals surface area contributed by atoms with Gasteiger partial charge in [0, 0.05) is 17.5 Å². The van der Waals surface area contributed by atoms with E-state index in [1.54, 1.807) is 7.11 Å². The second kappa shape index (κ2) is 6.86. The highest BCUT2D eigenvalue weighted by molar-refractivity contribution is 8.16. The summed E-state index contributed by atoms with van der Waals surface area (Å²) in [5.41, 5.74) is 0.807. The van der Waals surface area contributed by atoms with E-state index in [0.717, 1.165) is 12.1 Å². The highest BCUT2D eigenvalue weighted by atomic mass is 32.2. The first-order valence-electron chi connectivity index (χ1n) is 8.51. The molecule has 3 aliphatic heterocycles. The average molecular weight is 396 g/mol. The lowest BCUT2D eigenvalue weighted by molar-refractivity contribution is -0.126. The second-order valence-corrected chi connectivity index (χ2v) is 9.96. The predicted molar refractivity (Wildman–Crippen MR) is 101 cm³/mol. The Labute approximate surface area is 156 Å². The maximum Gasteiger partial charge on any atom is 0.277 e. The maximum atomic E-state index is 12.4. The van der Waals surface area contributed by atoms with E-state index in [1.165, 1.54) is 11.8 Å². The summed E-state index contributed by atoms with van der Waals surface area (Å²) in [5.74, 6) is 0.614. The molecule has 0 saturated carbocycles. The molecule has 1 aromatic rings. The number of rotatable bonds is 3. The molecule has 3 atom stereocenters. The van der Waals surface area contributed by atoms with Crippen LogP contribution < -0.4 is 9.64 Å². The van der Waals surface area contributed by atoms with Gasteiger partial charge in [0.1, 0.15) is 11.9 Å². The lowest BCUT2D eigenvalue weighted by Gasteiger charge is -2.24. The molecule has 0 bridgehead atoms. The minimum atomic E-state index is -3.08. The van der Waals surface area contributed by atoms with Gasteiger partial charge in [-0.1, -0.05) is 11.8 Å². The Morgan fingerprint density at radius 1 is 1.31 bits per heavy atom. The number of hydrogen-bond donors (Lipinski definition) is 0. The number of aliphatic imine (C=N–C) groups is 1. The van der Waals surface area contributed by atoms with E-state index < -0.39 is 15.9 Å². The van der Waals surface area contributed by atoms with Crippen molar-refractivity contribution in [3.05, 3.63) is 24.3 Å². The summed E-state index contributed by atoms with van der Waals surface area (Å²) in [4.78, 5) is 18.6. The van der Waals surface area contributed by atoms with Crippen LogP contribution in [0, 0.1) is 0 Å². The van der Waals surface area contributed by atoms with Gasteiger partial charge in [-0.2, -0.15) is 4.99 Å². The van der Waals surface area contributed by atoms with Crippen LogP contribution in [0.15, 0.2) is 29.3 Å². The van der Waals surface area contributed by atoms with Crippen molar-refractivity contribution in [2.45, 2.75) is 30.2 Å². The van der Waals surface area contributed by atoms with Crippen molar-refractivity contribution >= 4 is 38.4 Å². The number of methoxy groups -OCH3 is 1. The first-order valence-corrected chi connectivity index (χ1v) is 11.2. The maximum absolute atomic E-state index is 12.4. The van der Waals surface area contributed by atoms with Crippen LogP contribution in [-0.4, -0.2) is 62.1 Å². The summed E-state index contributed by atoms with van der Waals surface area (Å²) in [5, 5.41) is 0.443. The molecule has 7 nitrogen and oxygen atoms in total. The first-order chi connectivity index (χ1) is 12.5. The third-order valence-corrected chi connectivity index (χ3v) is 8.04. The highest BCUT2D eigenvalue weighted by Gasteiger charge is 2.49. The van der Waals surface area contributed by atoms with E-state index in [0.29, 0.717) is 23.9 Å². The molecule has 3 fully saturated rings. The summed E-state index contributed by atoms with van der Waals surface area (Å²) in [6.07, 6.45) is 1.06. The zero-order chi connectivity index (χ0) is 18.3. The fourth-order valence-electron chi connectivity index (χ4n) is 3.55. The average Bonchev–Trinajstić information content (AvgIpc) is 3.30. The SMILES string of the molecule is COc1ccc(N2C(=NC(=O)[C@@H]3CCCO3)S[C@@H]3CS(=O)(=O)C[C@@H]32)cc1. The number of carbonyl (C=O) groups excluding carboxylic acids is 1. The van der Waals surface area contributed by atoms with Gasteiger partial charge >= 0.3 is 0 Å². The van der Waals surface area contributed by atoms with Gasteiger partial charge in [-0.15, -0.1) is 0 Å². The molecule has 0 spiro atoms. The zero-order valence-electron chi connectivity index (χ0n) is 14.3. The standard InChI is InChI=1S/C17H20N2O5S2/c1-23-12-6-4-11(5-7-12)19-13-9-26(21,22)10-15(13)25-17(19)18-16(20)14-3-2-8-24-14/h4-7,13-15H,2-3,8-10H2,1H3/t13-,14-,15+/m0/s1. The van der Waals surface area contributed by atoms with Crippen molar-refractivity contribution in [3.8, 4) is 5.75 Å². The van der Waals surface area contributed by atoms with Crippen LogP contribution in [0.1, 0.15) is 12.8 Å². The monoisotopic (exact) mass is 396 g/mol. The van der Waals surface area contributed by atoms with Gasteiger partial charge in [-0.3, -0.25) is 4.79 Å². The molecule has 0 aliphatic carbocycles. The van der Waals surface area contributed by atoms with Gasteiger partial charge in [0.2, 0.25) is 0 Å². The van der Waals surface area contributed by atoms with E-state index in [9.17, 15) is 13.2 Å². The Bertz CT molecular complexity index is 831.